The number of pyridine rings is 1. The Morgan fingerprint density at radius 1 is 1.13 bits per heavy atom. The quantitative estimate of drug-likeness (QED) is 0.450. The number of aryl methyl sites for hydroxylation is 1. The van der Waals surface area contributed by atoms with Gasteiger partial charge in [0.1, 0.15) is 11.4 Å². The molecule has 3 aromatic rings. The summed E-state index contributed by atoms with van der Waals surface area (Å²) in [5.74, 6) is 0.910. The monoisotopic (exact) mass is 435 g/mol. The van der Waals surface area contributed by atoms with Crippen molar-refractivity contribution in [1.82, 2.24) is 4.98 Å². The van der Waals surface area contributed by atoms with Crippen LogP contribution in [0.4, 0.5) is 0 Å². The fraction of sp³-hybridized carbons (Fsp3) is 0.346. The first-order chi connectivity index (χ1) is 15.1. The van der Waals surface area contributed by atoms with E-state index in [0.29, 0.717) is 30.9 Å². The molecule has 1 atom stereocenters. The Bertz CT molecular complexity index is 1070. The second kappa shape index (κ2) is 8.62. The highest BCUT2D eigenvalue weighted by Gasteiger charge is 2.40. The highest BCUT2D eigenvalue weighted by atomic mass is 35.5. The average Bonchev–Trinajstić information content (AvgIpc) is 3.48. The molecule has 2 aromatic carbocycles. The topological polar surface area (TPSA) is 40.6 Å². The summed E-state index contributed by atoms with van der Waals surface area (Å²) >= 11 is 6.44. The van der Waals surface area contributed by atoms with Crippen LogP contribution in [0.25, 0.3) is 11.1 Å². The number of nitrogens with zero attached hydrogens (tertiary/aromatic N) is 1. The zero-order chi connectivity index (χ0) is 21.3. The van der Waals surface area contributed by atoms with Gasteiger partial charge in [0.2, 0.25) is 0 Å². The molecule has 1 aliphatic heterocycles. The SMILES string of the molecule is Cc1ccc(Cl)c(COC2(c3cnccc3-c3ccccc3OC3CC3)CCOC2)c1. The summed E-state index contributed by atoms with van der Waals surface area (Å²) < 4.78 is 18.6. The third-order valence-corrected chi connectivity index (χ3v) is 6.37. The Morgan fingerprint density at radius 3 is 2.81 bits per heavy atom. The van der Waals surface area contributed by atoms with Crippen LogP contribution in [0.15, 0.2) is 60.9 Å². The van der Waals surface area contributed by atoms with Crippen LogP contribution in [0.1, 0.15) is 36.0 Å². The van der Waals surface area contributed by atoms with Crippen molar-refractivity contribution in [2.75, 3.05) is 13.2 Å². The zero-order valence-corrected chi connectivity index (χ0v) is 18.4. The maximum Gasteiger partial charge on any atom is 0.127 e. The molecule has 1 saturated carbocycles. The van der Waals surface area contributed by atoms with Gasteiger partial charge >= 0.3 is 0 Å². The molecule has 1 aliphatic carbocycles. The van der Waals surface area contributed by atoms with Crippen LogP contribution >= 0.6 is 11.6 Å². The van der Waals surface area contributed by atoms with E-state index in [1.54, 1.807) is 0 Å². The first-order valence-electron chi connectivity index (χ1n) is 10.8. The summed E-state index contributed by atoms with van der Waals surface area (Å²) in [5, 5.41) is 0.717. The summed E-state index contributed by atoms with van der Waals surface area (Å²) in [6, 6.07) is 16.3. The molecule has 2 fully saturated rings. The Hall–Kier alpha value is -2.40. The second-order valence-electron chi connectivity index (χ2n) is 8.42. The number of hydrogen-bond acceptors (Lipinski definition) is 4. The molecule has 2 aliphatic rings. The van der Waals surface area contributed by atoms with Crippen LogP contribution < -0.4 is 4.74 Å². The van der Waals surface area contributed by atoms with Crippen LogP contribution in [-0.2, 0) is 21.7 Å². The number of halogens is 1. The highest BCUT2D eigenvalue weighted by Crippen LogP contribution is 2.43. The minimum atomic E-state index is -0.580. The summed E-state index contributed by atoms with van der Waals surface area (Å²) in [4.78, 5) is 4.45. The Kier molecular flexibility index (Phi) is 5.70. The fourth-order valence-corrected chi connectivity index (χ4v) is 4.30. The molecule has 0 N–H and O–H groups in total. The standard InChI is InChI=1S/C26H26ClNO3/c1-18-6-9-24(27)19(14-18)16-30-26(11-13-29-17-26)23-15-28-12-10-21(23)22-4-2-3-5-25(22)31-20-7-8-20/h2-6,9-10,12,14-15,20H,7-8,11,13,16-17H2,1H3. The van der Waals surface area contributed by atoms with Crippen molar-refractivity contribution in [3.05, 3.63) is 82.6 Å². The normalized spacial score (nSPS) is 20.7. The van der Waals surface area contributed by atoms with Crippen molar-refractivity contribution in [3.63, 3.8) is 0 Å². The molecule has 5 heteroatoms. The molecule has 5 rings (SSSR count). The van der Waals surface area contributed by atoms with E-state index in [1.165, 1.54) is 0 Å². The predicted octanol–water partition coefficient (Wildman–Crippen LogP) is 6.08. The lowest BCUT2D eigenvalue weighted by atomic mass is 9.87. The van der Waals surface area contributed by atoms with Gasteiger partial charge in [-0.15, -0.1) is 0 Å². The number of benzene rings is 2. The summed E-state index contributed by atoms with van der Waals surface area (Å²) in [6.45, 7) is 3.61. The van der Waals surface area contributed by atoms with Gasteiger partial charge in [-0.1, -0.05) is 47.5 Å². The van der Waals surface area contributed by atoms with Crippen LogP contribution in [0.5, 0.6) is 5.75 Å². The molecule has 1 aromatic heterocycles. The van der Waals surface area contributed by atoms with Crippen LogP contribution in [0.2, 0.25) is 5.02 Å². The summed E-state index contributed by atoms with van der Waals surface area (Å²) in [5.41, 5.74) is 4.73. The van der Waals surface area contributed by atoms with Crippen molar-refractivity contribution in [2.45, 2.75) is 44.5 Å². The number of rotatable bonds is 7. The van der Waals surface area contributed by atoms with E-state index in [2.05, 4.69) is 24.0 Å². The van der Waals surface area contributed by atoms with Gasteiger partial charge in [-0.25, -0.2) is 0 Å². The molecule has 1 saturated heterocycles. The molecule has 1 unspecified atom stereocenters. The third kappa shape index (κ3) is 4.33. The maximum atomic E-state index is 6.60. The molecule has 4 nitrogen and oxygen atoms in total. The Morgan fingerprint density at radius 2 is 2.00 bits per heavy atom. The van der Waals surface area contributed by atoms with E-state index >= 15 is 0 Å². The van der Waals surface area contributed by atoms with Crippen molar-refractivity contribution >= 4 is 11.6 Å². The molecule has 2 heterocycles. The van der Waals surface area contributed by atoms with Crippen LogP contribution in [0, 0.1) is 6.92 Å². The number of ether oxygens (including phenoxy) is 3. The van der Waals surface area contributed by atoms with Crippen LogP contribution in [0.3, 0.4) is 0 Å². The molecular formula is C26H26ClNO3. The Balaban J connectivity index is 1.51. The van der Waals surface area contributed by atoms with E-state index in [4.69, 9.17) is 25.8 Å². The van der Waals surface area contributed by atoms with Gasteiger partial charge in [0, 0.05) is 41.6 Å². The molecule has 0 amide bonds. The Labute approximate surface area is 188 Å². The molecule has 160 valence electrons. The van der Waals surface area contributed by atoms with Gasteiger partial charge in [0.05, 0.1) is 19.3 Å². The van der Waals surface area contributed by atoms with Gasteiger partial charge in [-0.05, 0) is 49.1 Å². The van der Waals surface area contributed by atoms with Crippen molar-refractivity contribution < 1.29 is 14.2 Å². The van der Waals surface area contributed by atoms with E-state index in [-0.39, 0.29) is 0 Å². The number of hydrogen-bond donors (Lipinski definition) is 0. The first kappa shape index (κ1) is 20.5. The lowest BCUT2D eigenvalue weighted by Gasteiger charge is -2.31. The van der Waals surface area contributed by atoms with Gasteiger partial charge in [-0.3, -0.25) is 4.98 Å². The minimum Gasteiger partial charge on any atom is -0.490 e. The smallest absolute Gasteiger partial charge is 0.127 e. The lowest BCUT2D eigenvalue weighted by Crippen LogP contribution is -2.31. The minimum absolute atomic E-state index is 0.329. The van der Waals surface area contributed by atoms with E-state index in [9.17, 15) is 0 Å². The molecular weight excluding hydrogens is 410 g/mol. The molecule has 31 heavy (non-hydrogen) atoms. The highest BCUT2D eigenvalue weighted by molar-refractivity contribution is 6.31. The van der Waals surface area contributed by atoms with Crippen LogP contribution in [-0.4, -0.2) is 24.3 Å². The van der Waals surface area contributed by atoms with E-state index in [0.717, 1.165) is 52.8 Å². The fourth-order valence-electron chi connectivity index (χ4n) is 4.13. The largest absolute Gasteiger partial charge is 0.490 e. The van der Waals surface area contributed by atoms with Crippen molar-refractivity contribution in [3.8, 4) is 16.9 Å². The van der Waals surface area contributed by atoms with E-state index < -0.39 is 5.60 Å². The van der Waals surface area contributed by atoms with Crippen molar-refractivity contribution in [1.29, 1.82) is 0 Å². The summed E-state index contributed by atoms with van der Waals surface area (Å²) in [7, 11) is 0. The van der Waals surface area contributed by atoms with Crippen molar-refractivity contribution in [2.24, 2.45) is 0 Å². The lowest BCUT2D eigenvalue weighted by molar-refractivity contribution is -0.0648. The zero-order valence-electron chi connectivity index (χ0n) is 17.6. The molecule has 0 bridgehead atoms. The first-order valence-corrected chi connectivity index (χ1v) is 11.2. The van der Waals surface area contributed by atoms with E-state index in [1.807, 2.05) is 48.8 Å². The van der Waals surface area contributed by atoms with Gasteiger partial charge in [-0.2, -0.15) is 0 Å². The number of aromatic nitrogens is 1. The molecule has 0 spiro atoms. The average molecular weight is 436 g/mol. The van der Waals surface area contributed by atoms with Gasteiger partial charge in [0.25, 0.3) is 0 Å². The summed E-state index contributed by atoms with van der Waals surface area (Å²) in [6.07, 6.45) is 7.07. The predicted molar refractivity (Wildman–Crippen MR) is 121 cm³/mol. The van der Waals surface area contributed by atoms with Gasteiger partial charge < -0.3 is 14.2 Å². The van der Waals surface area contributed by atoms with Gasteiger partial charge in [0.15, 0.2) is 0 Å². The second-order valence-corrected chi connectivity index (χ2v) is 8.82. The number of para-hydroxylation sites is 1. The molecule has 0 radical (unpaired) electrons. The maximum absolute atomic E-state index is 6.60. The third-order valence-electron chi connectivity index (χ3n) is 6.00.